The van der Waals surface area contributed by atoms with Gasteiger partial charge in [-0.2, -0.15) is 10.4 Å². The smallest absolute Gasteiger partial charge is 0.262 e. The Morgan fingerprint density at radius 2 is 2.09 bits per heavy atom. The van der Waals surface area contributed by atoms with Crippen LogP contribution in [0, 0.1) is 11.3 Å². The maximum atomic E-state index is 11.8. The van der Waals surface area contributed by atoms with E-state index >= 15 is 0 Å². The average Bonchev–Trinajstić information content (AvgIpc) is 3.26. The fraction of sp³-hybridized carbons (Fsp3) is 0.0800. The highest BCUT2D eigenvalue weighted by atomic mass is 32.1. The molecule has 4 aromatic rings. The second kappa shape index (κ2) is 9.13. The summed E-state index contributed by atoms with van der Waals surface area (Å²) in [5, 5.41) is 18.8. The number of ether oxygens (including phenoxy) is 1. The number of hydrogen-bond donors (Lipinski definition) is 1. The van der Waals surface area contributed by atoms with E-state index in [0.29, 0.717) is 27.5 Å². The molecule has 2 aromatic heterocycles. The summed E-state index contributed by atoms with van der Waals surface area (Å²) in [6.45, 7) is 1.91. The Balaban J connectivity index is 1.64. The molecule has 1 N–H and O–H groups in total. The number of anilines is 1. The van der Waals surface area contributed by atoms with E-state index in [2.05, 4.69) is 16.4 Å². The minimum atomic E-state index is -0.190. The van der Waals surface area contributed by atoms with Gasteiger partial charge in [0.2, 0.25) is 4.80 Å². The highest BCUT2D eigenvalue weighted by molar-refractivity contribution is 7.07. The third-order valence-electron chi connectivity index (χ3n) is 5.15. The van der Waals surface area contributed by atoms with Gasteiger partial charge < -0.3 is 10.1 Å². The monoisotopic (exact) mass is 466 g/mol. The van der Waals surface area contributed by atoms with Crippen molar-refractivity contribution in [2.24, 2.45) is 10.1 Å². The molecule has 5 rings (SSSR count). The number of nitrogens with one attached hydrogen (secondary N) is 1. The van der Waals surface area contributed by atoms with Crippen LogP contribution in [0.4, 0.5) is 11.4 Å². The molecule has 0 saturated heterocycles. The molecule has 0 aliphatic carbocycles. The molecule has 0 unspecified atom stereocenters. The van der Waals surface area contributed by atoms with Crippen molar-refractivity contribution in [3.63, 3.8) is 0 Å². The fourth-order valence-corrected chi connectivity index (χ4v) is 4.29. The van der Waals surface area contributed by atoms with Crippen molar-refractivity contribution in [3.8, 4) is 23.1 Å². The quantitative estimate of drug-likeness (QED) is 0.452. The molecule has 0 atom stereocenters. The summed E-state index contributed by atoms with van der Waals surface area (Å²) in [5.41, 5.74) is 5.22. The molecule has 2 aromatic carbocycles. The number of benzene rings is 2. The molecule has 34 heavy (non-hydrogen) atoms. The zero-order chi connectivity index (χ0) is 23.5. The van der Waals surface area contributed by atoms with Crippen LogP contribution in [0.1, 0.15) is 18.1 Å². The molecular weight excluding hydrogens is 448 g/mol. The molecule has 9 heteroatoms. The van der Waals surface area contributed by atoms with E-state index in [1.807, 2.05) is 54.8 Å². The van der Waals surface area contributed by atoms with Gasteiger partial charge in [0.05, 0.1) is 40.6 Å². The number of pyridine rings is 1. The van der Waals surface area contributed by atoms with Crippen molar-refractivity contribution in [1.29, 1.82) is 5.26 Å². The average molecular weight is 467 g/mol. The number of aromatic nitrogens is 2. The maximum absolute atomic E-state index is 11.8. The first-order valence-electron chi connectivity index (χ1n) is 10.4. The molecule has 0 fully saturated rings. The van der Waals surface area contributed by atoms with E-state index in [-0.39, 0.29) is 12.5 Å². The summed E-state index contributed by atoms with van der Waals surface area (Å²) in [4.78, 5) is 21.3. The summed E-state index contributed by atoms with van der Waals surface area (Å²) in [6.07, 6.45) is 3.39. The first-order chi connectivity index (χ1) is 16.6. The summed E-state index contributed by atoms with van der Waals surface area (Å²) >= 11 is 1.45. The highest BCUT2D eigenvalue weighted by Crippen LogP contribution is 2.33. The molecule has 1 aliphatic heterocycles. The van der Waals surface area contributed by atoms with Crippen molar-refractivity contribution >= 4 is 34.3 Å². The van der Waals surface area contributed by atoms with Crippen LogP contribution in [0.25, 0.3) is 11.3 Å². The van der Waals surface area contributed by atoms with Crippen LogP contribution >= 0.6 is 11.3 Å². The van der Waals surface area contributed by atoms with Gasteiger partial charge in [-0.15, -0.1) is 11.3 Å². The standard InChI is InChI=1S/C25H18N6O2S/c1-16(18-6-4-17(12-26)5-7-18)30-31-22(15-34-25(31)28-20-3-2-10-27-13-20)19-8-9-23-21(11-19)29-24(32)14-33-23/h2-11,13,15H,14H2,1H3,(H,29,32)/b28-25?,30-16-. The first kappa shape index (κ1) is 21.3. The molecule has 166 valence electrons. The number of hydrogen-bond acceptors (Lipinski definition) is 7. The van der Waals surface area contributed by atoms with Gasteiger partial charge >= 0.3 is 0 Å². The molecular formula is C25H18N6O2S. The normalized spacial score (nSPS) is 13.6. The van der Waals surface area contributed by atoms with Crippen molar-refractivity contribution in [3.05, 3.63) is 88.3 Å². The number of carbonyl (C=O) groups is 1. The lowest BCUT2D eigenvalue weighted by Gasteiger charge is -2.18. The van der Waals surface area contributed by atoms with Gasteiger partial charge in [0.25, 0.3) is 5.91 Å². The van der Waals surface area contributed by atoms with Gasteiger partial charge in [0.1, 0.15) is 5.75 Å². The Morgan fingerprint density at radius 1 is 1.24 bits per heavy atom. The second-order valence-electron chi connectivity index (χ2n) is 7.46. The number of rotatable bonds is 4. The summed E-state index contributed by atoms with van der Waals surface area (Å²) in [5.74, 6) is 0.437. The molecule has 0 radical (unpaired) electrons. The highest BCUT2D eigenvalue weighted by Gasteiger charge is 2.18. The van der Waals surface area contributed by atoms with Crippen LogP contribution in [0.2, 0.25) is 0 Å². The lowest BCUT2D eigenvalue weighted by molar-refractivity contribution is -0.118. The minimum absolute atomic E-state index is 0.00696. The SMILES string of the molecule is C/C(=N/n1c(-c2ccc3c(c2)NC(=O)CO3)csc1=Nc1cccnc1)c1ccc(C#N)cc1. The Morgan fingerprint density at radius 3 is 2.85 bits per heavy atom. The summed E-state index contributed by atoms with van der Waals surface area (Å²) < 4.78 is 7.27. The van der Waals surface area contributed by atoms with Gasteiger partial charge in [0, 0.05) is 17.1 Å². The largest absolute Gasteiger partial charge is 0.482 e. The van der Waals surface area contributed by atoms with Crippen LogP contribution < -0.4 is 14.9 Å². The van der Waals surface area contributed by atoms with Crippen LogP contribution in [0.15, 0.2) is 82.5 Å². The van der Waals surface area contributed by atoms with Crippen LogP contribution in [0.5, 0.6) is 5.75 Å². The lowest BCUT2D eigenvalue weighted by atomic mass is 10.1. The van der Waals surface area contributed by atoms with Crippen LogP contribution in [0.3, 0.4) is 0 Å². The van der Waals surface area contributed by atoms with E-state index in [4.69, 9.17) is 20.1 Å². The van der Waals surface area contributed by atoms with E-state index in [9.17, 15) is 4.79 Å². The van der Waals surface area contributed by atoms with Gasteiger partial charge in [-0.25, -0.2) is 9.67 Å². The van der Waals surface area contributed by atoms with Gasteiger partial charge in [-0.3, -0.25) is 9.78 Å². The van der Waals surface area contributed by atoms with Crippen LogP contribution in [-0.4, -0.2) is 27.9 Å². The number of carbonyl (C=O) groups excluding carboxylic acids is 1. The van der Waals surface area contributed by atoms with Gasteiger partial charge in [-0.1, -0.05) is 12.1 Å². The Hall–Kier alpha value is -4.55. The van der Waals surface area contributed by atoms with Crippen molar-refractivity contribution < 1.29 is 9.53 Å². The summed E-state index contributed by atoms with van der Waals surface area (Å²) in [7, 11) is 0. The summed E-state index contributed by atoms with van der Waals surface area (Å²) in [6, 6.07) is 18.7. The number of nitrogens with zero attached hydrogens (tertiary/aromatic N) is 5. The molecule has 3 heterocycles. The fourth-order valence-electron chi connectivity index (χ4n) is 3.44. The minimum Gasteiger partial charge on any atom is -0.482 e. The van der Waals surface area contributed by atoms with Gasteiger partial charge in [0.15, 0.2) is 6.61 Å². The number of nitriles is 1. The van der Waals surface area contributed by atoms with Crippen LogP contribution in [-0.2, 0) is 4.79 Å². The number of fused-ring (bicyclic) bond motifs is 1. The first-order valence-corrected chi connectivity index (χ1v) is 11.3. The van der Waals surface area contributed by atoms with Gasteiger partial charge in [-0.05, 0) is 55.0 Å². The molecule has 0 bridgehead atoms. The molecule has 0 spiro atoms. The van der Waals surface area contributed by atoms with E-state index < -0.39 is 0 Å². The molecule has 1 aliphatic rings. The van der Waals surface area contributed by atoms with Crippen molar-refractivity contribution in [2.75, 3.05) is 11.9 Å². The predicted molar refractivity (Wildman–Crippen MR) is 130 cm³/mol. The third-order valence-corrected chi connectivity index (χ3v) is 5.96. The lowest BCUT2D eigenvalue weighted by Crippen LogP contribution is -2.25. The molecule has 1 amide bonds. The second-order valence-corrected chi connectivity index (χ2v) is 8.30. The zero-order valence-corrected chi connectivity index (χ0v) is 18.9. The van der Waals surface area contributed by atoms with Crippen molar-refractivity contribution in [2.45, 2.75) is 6.92 Å². The van der Waals surface area contributed by atoms with E-state index in [1.54, 1.807) is 29.2 Å². The van der Waals surface area contributed by atoms with E-state index in [1.165, 1.54) is 11.3 Å². The topological polar surface area (TPSA) is 105 Å². The van der Waals surface area contributed by atoms with E-state index in [0.717, 1.165) is 22.5 Å². The number of amides is 1. The Kier molecular flexibility index (Phi) is 5.72. The maximum Gasteiger partial charge on any atom is 0.262 e. The van der Waals surface area contributed by atoms with Crippen molar-refractivity contribution in [1.82, 2.24) is 9.66 Å². The Labute approximate surface area is 199 Å². The molecule has 8 nitrogen and oxygen atoms in total. The predicted octanol–water partition coefficient (Wildman–Crippen LogP) is 4.32. The molecule has 0 saturated carbocycles. The zero-order valence-electron chi connectivity index (χ0n) is 18.1. The third kappa shape index (κ3) is 4.35. The number of thiazole rings is 1. The Bertz CT molecular complexity index is 1510.